The predicted octanol–water partition coefficient (Wildman–Crippen LogP) is -0.0603. The molecule has 0 aliphatic heterocycles. The summed E-state index contributed by atoms with van der Waals surface area (Å²) in [6.45, 7) is 1.15. The fourth-order valence-corrected chi connectivity index (χ4v) is 0.161. The van der Waals surface area contributed by atoms with Crippen molar-refractivity contribution >= 4 is 24.8 Å². The average Bonchev–Trinajstić information content (AvgIpc) is 1.61. The summed E-state index contributed by atoms with van der Waals surface area (Å²) >= 11 is 0. The summed E-state index contributed by atoms with van der Waals surface area (Å²) in [5.74, 6) is 0. The first-order valence-electron chi connectivity index (χ1n) is 1.90. The normalized spacial score (nSPS) is 6.75. The molecule has 0 spiro atoms. The van der Waals surface area contributed by atoms with Crippen molar-refractivity contribution < 1.29 is 4.84 Å². The highest BCUT2D eigenvalue weighted by Gasteiger charge is 1.71. The lowest BCUT2D eigenvalue weighted by Crippen LogP contribution is -2.15. The third kappa shape index (κ3) is 16.1. The van der Waals surface area contributed by atoms with Crippen LogP contribution in [0.25, 0.3) is 0 Å². The molecule has 0 aromatic heterocycles. The molecule has 0 aromatic rings. The minimum absolute atomic E-state index is 0. The molecule has 3 nitrogen and oxygen atoms in total. The van der Waals surface area contributed by atoms with Gasteiger partial charge in [-0.25, -0.2) is 5.48 Å². The maximum atomic E-state index is 5.05. The van der Waals surface area contributed by atoms with Crippen molar-refractivity contribution in [1.29, 1.82) is 0 Å². The highest BCUT2D eigenvalue weighted by molar-refractivity contribution is 5.85. The van der Waals surface area contributed by atoms with Crippen LogP contribution < -0.4 is 11.2 Å². The van der Waals surface area contributed by atoms with Crippen LogP contribution in [0.4, 0.5) is 0 Å². The summed E-state index contributed by atoms with van der Waals surface area (Å²) in [6.07, 6.45) is 0. The fourth-order valence-electron chi connectivity index (χ4n) is 0.161. The van der Waals surface area contributed by atoms with Crippen molar-refractivity contribution in [3.05, 3.63) is 0 Å². The van der Waals surface area contributed by atoms with Gasteiger partial charge in [0.05, 0.1) is 6.61 Å². The van der Waals surface area contributed by atoms with E-state index in [2.05, 4.69) is 10.3 Å². The van der Waals surface area contributed by atoms with Crippen LogP contribution in [-0.2, 0) is 4.84 Å². The highest BCUT2D eigenvalue weighted by atomic mass is 35.5. The lowest BCUT2D eigenvalue weighted by atomic mass is 10.8. The Morgan fingerprint density at radius 3 is 2.12 bits per heavy atom. The van der Waals surface area contributed by atoms with Gasteiger partial charge in [-0.15, -0.1) is 24.8 Å². The lowest BCUT2D eigenvalue weighted by molar-refractivity contribution is 0.0641. The van der Waals surface area contributed by atoms with Gasteiger partial charge in [-0.1, -0.05) is 0 Å². The van der Waals surface area contributed by atoms with Gasteiger partial charge in [-0.2, -0.15) is 0 Å². The molecule has 0 saturated heterocycles. The van der Waals surface area contributed by atoms with Crippen molar-refractivity contribution in [2.45, 2.75) is 0 Å². The predicted molar refractivity (Wildman–Crippen MR) is 38.6 cm³/mol. The van der Waals surface area contributed by atoms with E-state index in [1.54, 1.807) is 7.05 Å². The minimum atomic E-state index is 0. The van der Waals surface area contributed by atoms with Crippen LogP contribution in [0.3, 0.4) is 0 Å². The molecule has 0 aliphatic rings. The Morgan fingerprint density at radius 1 is 1.50 bits per heavy atom. The molecule has 0 saturated carbocycles. The lowest BCUT2D eigenvalue weighted by Gasteiger charge is -1.93. The van der Waals surface area contributed by atoms with Crippen LogP contribution in [0.5, 0.6) is 0 Å². The van der Waals surface area contributed by atoms with E-state index in [9.17, 15) is 0 Å². The molecule has 54 valence electrons. The Labute approximate surface area is 61.7 Å². The smallest absolute Gasteiger partial charge is 0.0804 e. The Morgan fingerprint density at radius 2 is 2.00 bits per heavy atom. The zero-order chi connectivity index (χ0) is 4.83. The van der Waals surface area contributed by atoms with E-state index in [4.69, 9.17) is 5.73 Å². The second-order valence-corrected chi connectivity index (χ2v) is 0.841. The highest BCUT2D eigenvalue weighted by Crippen LogP contribution is 1.54. The third-order valence-corrected chi connectivity index (χ3v) is 0.364. The molecule has 8 heavy (non-hydrogen) atoms. The number of nitrogens with one attached hydrogen (secondary N) is 1. The van der Waals surface area contributed by atoms with Gasteiger partial charge in [0.25, 0.3) is 0 Å². The SMILES string of the molecule is CNOCCN.Cl.Cl. The third-order valence-electron chi connectivity index (χ3n) is 0.364. The van der Waals surface area contributed by atoms with Crippen molar-refractivity contribution in [1.82, 2.24) is 5.48 Å². The first-order valence-corrected chi connectivity index (χ1v) is 1.90. The fraction of sp³-hybridized carbons (Fsp3) is 1.00. The first kappa shape index (κ1) is 15.8. The van der Waals surface area contributed by atoms with Crippen molar-refractivity contribution in [2.24, 2.45) is 5.73 Å². The second-order valence-electron chi connectivity index (χ2n) is 0.841. The van der Waals surface area contributed by atoms with Crippen LogP contribution in [0.2, 0.25) is 0 Å². The van der Waals surface area contributed by atoms with Gasteiger partial charge >= 0.3 is 0 Å². The van der Waals surface area contributed by atoms with Gasteiger partial charge in [-0.3, -0.25) is 0 Å². The molecular formula is C3H12Cl2N2O. The molecule has 0 aliphatic carbocycles. The summed E-state index contributed by atoms with van der Waals surface area (Å²) in [6, 6.07) is 0. The monoisotopic (exact) mass is 162 g/mol. The molecule has 0 heterocycles. The van der Waals surface area contributed by atoms with Gasteiger partial charge in [-0.05, 0) is 0 Å². The summed E-state index contributed by atoms with van der Waals surface area (Å²) < 4.78 is 0. The van der Waals surface area contributed by atoms with Crippen molar-refractivity contribution in [3.8, 4) is 0 Å². The van der Waals surface area contributed by atoms with Crippen LogP contribution in [0, 0.1) is 0 Å². The molecule has 0 atom stereocenters. The maximum Gasteiger partial charge on any atom is 0.0804 e. The van der Waals surface area contributed by atoms with Crippen LogP contribution in [0.15, 0.2) is 0 Å². The van der Waals surface area contributed by atoms with E-state index in [0.717, 1.165) is 0 Å². The molecule has 3 N–H and O–H groups in total. The van der Waals surface area contributed by atoms with Crippen LogP contribution in [-0.4, -0.2) is 20.2 Å². The largest absolute Gasteiger partial charge is 0.328 e. The molecule has 0 fully saturated rings. The number of hydroxylamine groups is 1. The zero-order valence-corrected chi connectivity index (χ0v) is 6.35. The Kier molecular flexibility index (Phi) is 30.9. The number of hydrogen-bond donors (Lipinski definition) is 2. The molecule has 0 amide bonds. The summed E-state index contributed by atoms with van der Waals surface area (Å²) in [5, 5.41) is 0. The topological polar surface area (TPSA) is 47.3 Å². The van der Waals surface area contributed by atoms with E-state index in [-0.39, 0.29) is 24.8 Å². The molecule has 0 unspecified atom stereocenters. The van der Waals surface area contributed by atoms with Gasteiger partial charge < -0.3 is 10.6 Å². The molecule has 0 rings (SSSR count). The molecule has 0 radical (unpaired) electrons. The molecule has 0 aromatic carbocycles. The van der Waals surface area contributed by atoms with E-state index in [1.807, 2.05) is 0 Å². The van der Waals surface area contributed by atoms with E-state index < -0.39 is 0 Å². The van der Waals surface area contributed by atoms with E-state index >= 15 is 0 Å². The second kappa shape index (κ2) is 15.7. The average molecular weight is 163 g/mol. The molecular weight excluding hydrogens is 151 g/mol. The van der Waals surface area contributed by atoms with Crippen molar-refractivity contribution in [3.63, 3.8) is 0 Å². The van der Waals surface area contributed by atoms with Gasteiger partial charge in [0.2, 0.25) is 0 Å². The molecule has 5 heteroatoms. The Balaban J connectivity index is -0.000000125. The zero-order valence-electron chi connectivity index (χ0n) is 4.72. The van der Waals surface area contributed by atoms with Gasteiger partial charge in [0, 0.05) is 13.6 Å². The van der Waals surface area contributed by atoms with E-state index in [1.165, 1.54) is 0 Å². The minimum Gasteiger partial charge on any atom is -0.328 e. The number of halogens is 2. The van der Waals surface area contributed by atoms with E-state index in [0.29, 0.717) is 13.2 Å². The summed E-state index contributed by atoms with van der Waals surface area (Å²) in [4.78, 5) is 4.61. The number of hydrogen-bond acceptors (Lipinski definition) is 3. The Bertz CT molecular complexity index is 27.2. The van der Waals surface area contributed by atoms with Crippen LogP contribution >= 0.6 is 24.8 Å². The van der Waals surface area contributed by atoms with Crippen LogP contribution in [0.1, 0.15) is 0 Å². The van der Waals surface area contributed by atoms with Gasteiger partial charge in [0.1, 0.15) is 0 Å². The van der Waals surface area contributed by atoms with Crippen molar-refractivity contribution in [2.75, 3.05) is 20.2 Å². The summed E-state index contributed by atoms with van der Waals surface area (Å²) in [7, 11) is 1.70. The number of rotatable bonds is 3. The number of nitrogens with two attached hydrogens (primary N) is 1. The standard InChI is InChI=1S/C3H10N2O.2ClH/c1-5-6-3-2-4;;/h5H,2-4H2,1H3;2*1H. The van der Waals surface area contributed by atoms with Gasteiger partial charge in [0.15, 0.2) is 0 Å². The quantitative estimate of drug-likeness (QED) is 0.452. The first-order chi connectivity index (χ1) is 2.91. The summed E-state index contributed by atoms with van der Waals surface area (Å²) in [5.41, 5.74) is 7.54. The maximum absolute atomic E-state index is 5.05. The Hall–Kier alpha value is 0.460. The molecule has 0 bridgehead atoms.